The Morgan fingerprint density at radius 2 is 2.24 bits per heavy atom. The van der Waals surface area contributed by atoms with Gasteiger partial charge in [-0.25, -0.2) is 4.98 Å². The number of ether oxygens (including phenoxy) is 1. The standard InChI is InChI=1S/C12H17N7O2/c1-13-10-15-11(18-3-2-14-8-18)17-12(16-10)19-4-5-21-7-9(19)6-20/h2-3,8-9,20H,4-7H2,1H3,(H,13,15,16,17). The van der Waals surface area contributed by atoms with Crippen LogP contribution < -0.4 is 10.2 Å². The van der Waals surface area contributed by atoms with Crippen LogP contribution >= 0.6 is 0 Å². The van der Waals surface area contributed by atoms with E-state index in [-0.39, 0.29) is 12.6 Å². The van der Waals surface area contributed by atoms with Crippen LogP contribution in [0.15, 0.2) is 18.7 Å². The van der Waals surface area contributed by atoms with Crippen molar-refractivity contribution in [3.63, 3.8) is 0 Å². The van der Waals surface area contributed by atoms with Crippen LogP contribution in [0.4, 0.5) is 11.9 Å². The number of nitrogens with one attached hydrogen (secondary N) is 1. The van der Waals surface area contributed by atoms with Crippen LogP contribution in [0, 0.1) is 0 Å². The minimum atomic E-state index is -0.151. The summed E-state index contributed by atoms with van der Waals surface area (Å²) in [5.41, 5.74) is 0. The molecule has 9 nitrogen and oxygen atoms in total. The van der Waals surface area contributed by atoms with Crippen LogP contribution in [-0.4, -0.2) is 69.1 Å². The van der Waals surface area contributed by atoms with Gasteiger partial charge in [0.2, 0.25) is 17.8 Å². The zero-order valence-corrected chi connectivity index (χ0v) is 11.7. The summed E-state index contributed by atoms with van der Waals surface area (Å²) in [6, 6.07) is -0.151. The zero-order chi connectivity index (χ0) is 14.7. The highest BCUT2D eigenvalue weighted by molar-refractivity contribution is 5.41. The molecule has 2 aromatic heterocycles. The third-order valence-electron chi connectivity index (χ3n) is 3.27. The van der Waals surface area contributed by atoms with Gasteiger partial charge in [-0.3, -0.25) is 4.57 Å². The molecule has 1 aliphatic heterocycles. The molecular weight excluding hydrogens is 274 g/mol. The highest BCUT2D eigenvalue weighted by atomic mass is 16.5. The van der Waals surface area contributed by atoms with Crippen molar-refractivity contribution < 1.29 is 9.84 Å². The summed E-state index contributed by atoms with van der Waals surface area (Å²) in [7, 11) is 1.75. The van der Waals surface area contributed by atoms with Gasteiger partial charge in [0, 0.05) is 26.0 Å². The predicted molar refractivity (Wildman–Crippen MR) is 75.5 cm³/mol. The fourth-order valence-corrected chi connectivity index (χ4v) is 2.16. The highest BCUT2D eigenvalue weighted by Crippen LogP contribution is 2.18. The Hall–Kier alpha value is -2.26. The summed E-state index contributed by atoms with van der Waals surface area (Å²) in [6.45, 7) is 1.65. The Bertz CT molecular complexity index is 589. The van der Waals surface area contributed by atoms with Crippen LogP contribution in [0.5, 0.6) is 0 Å². The molecular formula is C12H17N7O2. The second kappa shape index (κ2) is 6.02. The molecule has 0 aromatic carbocycles. The number of hydrogen-bond donors (Lipinski definition) is 2. The van der Waals surface area contributed by atoms with E-state index in [1.807, 2.05) is 4.90 Å². The molecule has 112 valence electrons. The van der Waals surface area contributed by atoms with Gasteiger partial charge in [-0.1, -0.05) is 0 Å². The lowest BCUT2D eigenvalue weighted by molar-refractivity contribution is 0.0718. The predicted octanol–water partition coefficient (Wildman–Crippen LogP) is -0.703. The summed E-state index contributed by atoms with van der Waals surface area (Å²) in [5.74, 6) is 1.46. The zero-order valence-electron chi connectivity index (χ0n) is 11.7. The fraction of sp³-hybridized carbons (Fsp3) is 0.500. The molecule has 0 aliphatic carbocycles. The Labute approximate surface area is 121 Å². The van der Waals surface area contributed by atoms with Crippen molar-refractivity contribution in [3.8, 4) is 5.95 Å². The lowest BCUT2D eigenvalue weighted by atomic mass is 10.2. The molecule has 21 heavy (non-hydrogen) atoms. The smallest absolute Gasteiger partial charge is 0.241 e. The van der Waals surface area contributed by atoms with Crippen LogP contribution in [0.2, 0.25) is 0 Å². The van der Waals surface area contributed by atoms with E-state index in [2.05, 4.69) is 25.3 Å². The molecule has 0 amide bonds. The van der Waals surface area contributed by atoms with E-state index in [1.165, 1.54) is 0 Å². The summed E-state index contributed by atoms with van der Waals surface area (Å²) < 4.78 is 7.09. The van der Waals surface area contributed by atoms with Gasteiger partial charge in [-0.15, -0.1) is 0 Å². The van der Waals surface area contributed by atoms with Crippen molar-refractivity contribution >= 4 is 11.9 Å². The monoisotopic (exact) mass is 291 g/mol. The van der Waals surface area contributed by atoms with Gasteiger partial charge in [0.25, 0.3) is 0 Å². The van der Waals surface area contributed by atoms with Crippen molar-refractivity contribution in [3.05, 3.63) is 18.7 Å². The average Bonchev–Trinajstić information content (AvgIpc) is 3.09. The number of rotatable bonds is 4. The maximum atomic E-state index is 9.48. The number of nitrogens with zero attached hydrogens (tertiary/aromatic N) is 6. The summed E-state index contributed by atoms with van der Waals surface area (Å²) in [6.07, 6.45) is 5.05. The molecule has 1 atom stereocenters. The number of morpholine rings is 1. The second-order valence-electron chi connectivity index (χ2n) is 4.58. The van der Waals surface area contributed by atoms with Gasteiger partial charge < -0.3 is 20.1 Å². The van der Waals surface area contributed by atoms with E-state index in [0.717, 1.165) is 0 Å². The molecule has 0 saturated carbocycles. The normalized spacial score (nSPS) is 18.8. The number of hydrogen-bond acceptors (Lipinski definition) is 8. The van der Waals surface area contributed by atoms with Gasteiger partial charge in [0.15, 0.2) is 0 Å². The molecule has 2 N–H and O–H groups in total. The molecule has 1 saturated heterocycles. The highest BCUT2D eigenvalue weighted by Gasteiger charge is 2.25. The number of aliphatic hydroxyl groups is 1. The van der Waals surface area contributed by atoms with Crippen LogP contribution in [0.1, 0.15) is 0 Å². The first-order valence-corrected chi connectivity index (χ1v) is 6.69. The molecule has 1 aliphatic rings. The molecule has 1 unspecified atom stereocenters. The minimum absolute atomic E-state index is 0.0129. The summed E-state index contributed by atoms with van der Waals surface area (Å²) in [5, 5.41) is 12.4. The summed E-state index contributed by atoms with van der Waals surface area (Å²) in [4.78, 5) is 19.1. The van der Waals surface area contributed by atoms with Crippen molar-refractivity contribution in [2.45, 2.75) is 6.04 Å². The first-order valence-electron chi connectivity index (χ1n) is 6.69. The maximum Gasteiger partial charge on any atom is 0.241 e. The molecule has 0 radical (unpaired) electrons. The van der Waals surface area contributed by atoms with Gasteiger partial charge in [-0.05, 0) is 0 Å². The van der Waals surface area contributed by atoms with E-state index in [0.29, 0.717) is 37.6 Å². The molecule has 2 aromatic rings. The van der Waals surface area contributed by atoms with Crippen molar-refractivity contribution in [2.24, 2.45) is 0 Å². The van der Waals surface area contributed by atoms with E-state index in [9.17, 15) is 5.11 Å². The number of aromatic nitrogens is 5. The van der Waals surface area contributed by atoms with Gasteiger partial charge in [0.05, 0.1) is 25.9 Å². The first-order chi connectivity index (χ1) is 10.3. The Morgan fingerprint density at radius 1 is 1.38 bits per heavy atom. The molecule has 3 rings (SSSR count). The largest absolute Gasteiger partial charge is 0.394 e. The third kappa shape index (κ3) is 2.78. The quantitative estimate of drug-likeness (QED) is 0.762. The summed E-state index contributed by atoms with van der Waals surface area (Å²) >= 11 is 0. The molecule has 1 fully saturated rings. The first kappa shape index (κ1) is 13.7. The average molecular weight is 291 g/mol. The van der Waals surface area contributed by atoms with E-state index in [4.69, 9.17) is 4.74 Å². The number of aliphatic hydroxyl groups excluding tert-OH is 1. The molecule has 3 heterocycles. The lowest BCUT2D eigenvalue weighted by Crippen LogP contribution is -2.48. The van der Waals surface area contributed by atoms with Crippen molar-refractivity contribution in [1.82, 2.24) is 24.5 Å². The Morgan fingerprint density at radius 3 is 2.95 bits per heavy atom. The van der Waals surface area contributed by atoms with E-state index >= 15 is 0 Å². The SMILES string of the molecule is CNc1nc(N2CCOCC2CO)nc(-n2ccnc2)n1. The van der Waals surface area contributed by atoms with Gasteiger partial charge in [-0.2, -0.15) is 15.0 Å². The maximum absolute atomic E-state index is 9.48. The second-order valence-corrected chi connectivity index (χ2v) is 4.58. The number of imidazole rings is 1. The Balaban J connectivity index is 1.99. The third-order valence-corrected chi connectivity index (χ3v) is 3.27. The topological polar surface area (TPSA) is 101 Å². The molecule has 0 spiro atoms. The lowest BCUT2D eigenvalue weighted by Gasteiger charge is -2.34. The van der Waals surface area contributed by atoms with Crippen LogP contribution in [0.3, 0.4) is 0 Å². The van der Waals surface area contributed by atoms with Gasteiger partial charge in [0.1, 0.15) is 6.33 Å². The fourth-order valence-electron chi connectivity index (χ4n) is 2.16. The number of anilines is 2. The van der Waals surface area contributed by atoms with E-state index < -0.39 is 0 Å². The van der Waals surface area contributed by atoms with Gasteiger partial charge >= 0.3 is 0 Å². The Kier molecular flexibility index (Phi) is 3.93. The minimum Gasteiger partial charge on any atom is -0.394 e. The molecule has 0 bridgehead atoms. The van der Waals surface area contributed by atoms with Crippen molar-refractivity contribution in [2.75, 3.05) is 43.6 Å². The van der Waals surface area contributed by atoms with Crippen LogP contribution in [0.25, 0.3) is 5.95 Å². The van der Waals surface area contributed by atoms with Crippen molar-refractivity contribution in [1.29, 1.82) is 0 Å². The molecule has 9 heteroatoms. The van der Waals surface area contributed by atoms with Crippen LogP contribution in [-0.2, 0) is 4.74 Å². The van der Waals surface area contributed by atoms with E-state index in [1.54, 1.807) is 30.3 Å².